The fourth-order valence-electron chi connectivity index (χ4n) is 2.08. The summed E-state index contributed by atoms with van der Waals surface area (Å²) in [5, 5.41) is 0. The molecule has 1 heterocycles. The molecule has 7 heteroatoms. The van der Waals surface area contributed by atoms with E-state index in [-0.39, 0.29) is 4.90 Å². The number of benzene rings is 1. The molecule has 1 N–H and O–H groups in total. The van der Waals surface area contributed by atoms with Crippen molar-refractivity contribution in [2.24, 2.45) is 0 Å². The molecule has 5 nitrogen and oxygen atoms in total. The second-order valence-electron chi connectivity index (χ2n) is 4.91. The molecular formula is C15H17FN2O3S. The summed E-state index contributed by atoms with van der Waals surface area (Å²) in [6.07, 6.45) is 2.50. The summed E-state index contributed by atoms with van der Waals surface area (Å²) in [6.45, 7) is 3.32. The van der Waals surface area contributed by atoms with Crippen LogP contribution in [0.1, 0.15) is 24.1 Å². The van der Waals surface area contributed by atoms with Crippen LogP contribution in [0.5, 0.6) is 5.75 Å². The molecule has 0 fully saturated rings. The minimum absolute atomic E-state index is 0.157. The molecule has 0 spiro atoms. The molecule has 0 bridgehead atoms. The van der Waals surface area contributed by atoms with Gasteiger partial charge in [0, 0.05) is 12.2 Å². The number of sulfonamides is 1. The van der Waals surface area contributed by atoms with E-state index in [2.05, 4.69) is 9.71 Å². The Morgan fingerprint density at radius 1 is 1.27 bits per heavy atom. The standard InChI is InChI=1S/C15H17FN2O3S/c1-10-6-14(21-3)4-5-15(10)22(19,20)18-11(2)12-7-13(16)9-17-8-12/h4-9,11,18H,1-3H3/t11-/m1/s1. The molecule has 118 valence electrons. The SMILES string of the molecule is COc1ccc(S(=O)(=O)N[C@H](C)c2cncc(F)c2)c(C)c1. The maximum Gasteiger partial charge on any atom is 0.241 e. The largest absolute Gasteiger partial charge is 0.497 e. The lowest BCUT2D eigenvalue weighted by atomic mass is 10.2. The van der Waals surface area contributed by atoms with Crippen molar-refractivity contribution in [3.63, 3.8) is 0 Å². The monoisotopic (exact) mass is 324 g/mol. The summed E-state index contributed by atoms with van der Waals surface area (Å²) in [5.74, 6) is 0.0722. The zero-order valence-corrected chi connectivity index (χ0v) is 13.3. The van der Waals surface area contributed by atoms with Crippen LogP contribution in [0, 0.1) is 12.7 Å². The first-order valence-electron chi connectivity index (χ1n) is 6.61. The molecule has 22 heavy (non-hydrogen) atoms. The highest BCUT2D eigenvalue weighted by Gasteiger charge is 2.21. The van der Waals surface area contributed by atoms with Gasteiger partial charge in [-0.1, -0.05) is 0 Å². The number of nitrogens with zero attached hydrogens (tertiary/aromatic N) is 1. The van der Waals surface area contributed by atoms with Gasteiger partial charge in [-0.25, -0.2) is 17.5 Å². The minimum Gasteiger partial charge on any atom is -0.497 e. The van der Waals surface area contributed by atoms with Crippen LogP contribution in [0.4, 0.5) is 4.39 Å². The number of hydrogen-bond acceptors (Lipinski definition) is 4. The van der Waals surface area contributed by atoms with E-state index in [1.54, 1.807) is 26.0 Å². The summed E-state index contributed by atoms with van der Waals surface area (Å²) < 4.78 is 45.7. The smallest absolute Gasteiger partial charge is 0.241 e. The maximum atomic E-state index is 13.2. The highest BCUT2D eigenvalue weighted by Crippen LogP contribution is 2.23. The van der Waals surface area contributed by atoms with E-state index in [0.717, 1.165) is 6.20 Å². The van der Waals surface area contributed by atoms with Crippen LogP contribution in [-0.4, -0.2) is 20.5 Å². The highest BCUT2D eigenvalue weighted by molar-refractivity contribution is 7.89. The molecule has 0 saturated heterocycles. The summed E-state index contributed by atoms with van der Waals surface area (Å²) in [7, 11) is -2.22. The number of nitrogens with one attached hydrogen (secondary N) is 1. The van der Waals surface area contributed by atoms with Gasteiger partial charge in [-0.3, -0.25) is 4.98 Å². The van der Waals surface area contributed by atoms with Gasteiger partial charge in [0.2, 0.25) is 10.0 Å². The number of pyridine rings is 1. The van der Waals surface area contributed by atoms with Gasteiger partial charge in [0.1, 0.15) is 11.6 Å². The van der Waals surface area contributed by atoms with E-state index in [1.807, 2.05) is 0 Å². The number of methoxy groups -OCH3 is 1. The van der Waals surface area contributed by atoms with Crippen molar-refractivity contribution in [1.82, 2.24) is 9.71 Å². The Hall–Kier alpha value is -1.99. The molecule has 0 saturated carbocycles. The Morgan fingerprint density at radius 2 is 2.00 bits per heavy atom. The summed E-state index contributed by atoms with van der Waals surface area (Å²) in [4.78, 5) is 3.88. The lowest BCUT2D eigenvalue weighted by molar-refractivity contribution is 0.414. The molecule has 1 atom stereocenters. The number of aromatic nitrogens is 1. The Balaban J connectivity index is 2.28. The van der Waals surface area contributed by atoms with E-state index in [0.29, 0.717) is 16.9 Å². The number of halogens is 1. The van der Waals surface area contributed by atoms with Gasteiger partial charge in [-0.05, 0) is 49.2 Å². The summed E-state index contributed by atoms with van der Waals surface area (Å²) in [6, 6.07) is 5.35. The van der Waals surface area contributed by atoms with Gasteiger partial charge >= 0.3 is 0 Å². The van der Waals surface area contributed by atoms with Crippen LogP contribution in [0.15, 0.2) is 41.6 Å². The lowest BCUT2D eigenvalue weighted by Gasteiger charge is -2.16. The lowest BCUT2D eigenvalue weighted by Crippen LogP contribution is -2.27. The quantitative estimate of drug-likeness (QED) is 0.918. The third-order valence-electron chi connectivity index (χ3n) is 3.23. The van der Waals surface area contributed by atoms with Gasteiger partial charge in [0.15, 0.2) is 0 Å². The second kappa shape index (κ2) is 6.41. The molecule has 1 aromatic carbocycles. The maximum absolute atomic E-state index is 13.2. The molecule has 0 radical (unpaired) electrons. The molecule has 0 amide bonds. The van der Waals surface area contributed by atoms with Gasteiger partial charge in [0.05, 0.1) is 18.2 Å². The summed E-state index contributed by atoms with van der Waals surface area (Å²) in [5.41, 5.74) is 1.02. The zero-order chi connectivity index (χ0) is 16.3. The average Bonchev–Trinajstić information content (AvgIpc) is 2.46. The van der Waals surface area contributed by atoms with Crippen molar-refractivity contribution >= 4 is 10.0 Å². The predicted octanol–water partition coefficient (Wildman–Crippen LogP) is 2.58. The van der Waals surface area contributed by atoms with E-state index in [1.165, 1.54) is 25.4 Å². The minimum atomic E-state index is -3.73. The molecule has 2 rings (SSSR count). The van der Waals surface area contributed by atoms with E-state index in [4.69, 9.17) is 4.74 Å². The topological polar surface area (TPSA) is 68.3 Å². The molecule has 0 aliphatic heterocycles. The molecule has 0 unspecified atom stereocenters. The molecule has 2 aromatic rings. The van der Waals surface area contributed by atoms with Crippen LogP contribution in [-0.2, 0) is 10.0 Å². The first-order valence-corrected chi connectivity index (χ1v) is 8.09. The van der Waals surface area contributed by atoms with E-state index < -0.39 is 21.9 Å². The van der Waals surface area contributed by atoms with Gasteiger partial charge in [-0.2, -0.15) is 0 Å². The fraction of sp³-hybridized carbons (Fsp3) is 0.267. The fourth-order valence-corrected chi connectivity index (χ4v) is 3.54. The Morgan fingerprint density at radius 3 is 2.59 bits per heavy atom. The van der Waals surface area contributed by atoms with Gasteiger partial charge in [0.25, 0.3) is 0 Å². The Bertz CT molecular complexity index is 778. The molecule has 1 aromatic heterocycles. The predicted molar refractivity (Wildman–Crippen MR) is 80.7 cm³/mol. The number of hydrogen-bond donors (Lipinski definition) is 1. The van der Waals surface area contributed by atoms with Crippen molar-refractivity contribution in [2.75, 3.05) is 7.11 Å². The number of aryl methyl sites for hydroxylation is 1. The molecule has 0 aliphatic rings. The van der Waals surface area contributed by atoms with Crippen molar-refractivity contribution in [3.8, 4) is 5.75 Å². The normalized spacial score (nSPS) is 12.9. The summed E-state index contributed by atoms with van der Waals surface area (Å²) >= 11 is 0. The van der Waals surface area contributed by atoms with Crippen LogP contribution in [0.2, 0.25) is 0 Å². The van der Waals surface area contributed by atoms with Crippen LogP contribution in [0.25, 0.3) is 0 Å². The Kier molecular flexibility index (Phi) is 4.77. The second-order valence-corrected chi connectivity index (χ2v) is 6.59. The van der Waals surface area contributed by atoms with Gasteiger partial charge in [-0.15, -0.1) is 0 Å². The molecular weight excluding hydrogens is 307 g/mol. The number of rotatable bonds is 5. The highest BCUT2D eigenvalue weighted by atomic mass is 32.2. The van der Waals surface area contributed by atoms with Crippen LogP contribution >= 0.6 is 0 Å². The van der Waals surface area contributed by atoms with E-state index >= 15 is 0 Å². The van der Waals surface area contributed by atoms with Crippen molar-refractivity contribution in [2.45, 2.75) is 24.8 Å². The first-order chi connectivity index (χ1) is 10.3. The third kappa shape index (κ3) is 3.61. The van der Waals surface area contributed by atoms with Crippen molar-refractivity contribution < 1.29 is 17.5 Å². The number of ether oxygens (including phenoxy) is 1. The van der Waals surface area contributed by atoms with Crippen molar-refractivity contribution in [1.29, 1.82) is 0 Å². The molecule has 0 aliphatic carbocycles. The Labute approximate surface area is 129 Å². The van der Waals surface area contributed by atoms with E-state index in [9.17, 15) is 12.8 Å². The first kappa shape index (κ1) is 16.4. The van der Waals surface area contributed by atoms with Crippen LogP contribution in [0.3, 0.4) is 0 Å². The average molecular weight is 324 g/mol. The van der Waals surface area contributed by atoms with Crippen LogP contribution < -0.4 is 9.46 Å². The zero-order valence-electron chi connectivity index (χ0n) is 12.5. The van der Waals surface area contributed by atoms with Gasteiger partial charge < -0.3 is 4.74 Å². The van der Waals surface area contributed by atoms with Crippen molar-refractivity contribution in [3.05, 3.63) is 53.6 Å². The third-order valence-corrected chi connectivity index (χ3v) is 4.93.